The zero-order chi connectivity index (χ0) is 25.0. The van der Waals surface area contributed by atoms with Crippen molar-refractivity contribution < 1.29 is 19.3 Å². The highest BCUT2D eigenvalue weighted by molar-refractivity contribution is 5.91. The summed E-state index contributed by atoms with van der Waals surface area (Å²) in [5, 5.41) is 16.3. The molecular formula is C31H30O4. The molecule has 0 aliphatic rings. The van der Waals surface area contributed by atoms with E-state index in [2.05, 4.69) is 6.58 Å². The molecule has 0 aromatic heterocycles. The van der Waals surface area contributed by atoms with Gasteiger partial charge in [-0.25, -0.2) is 0 Å². The zero-order valence-electron chi connectivity index (χ0n) is 20.5. The zero-order valence-corrected chi connectivity index (χ0v) is 20.5. The van der Waals surface area contributed by atoms with Crippen LogP contribution in [0.1, 0.15) is 18.1 Å². The van der Waals surface area contributed by atoms with E-state index in [1.54, 1.807) is 27.4 Å². The lowest BCUT2D eigenvalue weighted by atomic mass is 9.78. The van der Waals surface area contributed by atoms with Crippen molar-refractivity contribution in [2.75, 3.05) is 21.3 Å². The molecule has 0 amide bonds. The quantitative estimate of drug-likeness (QED) is 0.419. The smallest absolute Gasteiger partial charge is 0.140 e. The van der Waals surface area contributed by atoms with Crippen LogP contribution in [-0.4, -0.2) is 26.4 Å². The van der Waals surface area contributed by atoms with E-state index in [0.717, 1.165) is 38.1 Å². The van der Waals surface area contributed by atoms with Crippen LogP contribution in [0.25, 0.3) is 22.4 Å². The first-order chi connectivity index (χ1) is 17.0. The lowest BCUT2D eigenvalue weighted by Gasteiger charge is -2.32. The van der Waals surface area contributed by atoms with Crippen molar-refractivity contribution in [2.24, 2.45) is 0 Å². The fraction of sp³-hybridized carbons (Fsp3) is 0.161. The normalized spacial score (nSPS) is 14.3. The summed E-state index contributed by atoms with van der Waals surface area (Å²) in [6, 6.07) is 25.2. The van der Waals surface area contributed by atoms with Crippen molar-refractivity contribution in [1.82, 2.24) is 0 Å². The predicted molar refractivity (Wildman–Crippen MR) is 142 cm³/mol. The third-order valence-electron chi connectivity index (χ3n) is 6.48. The molecule has 0 radical (unpaired) electrons. The van der Waals surface area contributed by atoms with E-state index < -0.39 is 5.60 Å². The van der Waals surface area contributed by atoms with Crippen molar-refractivity contribution in [3.8, 4) is 17.2 Å². The van der Waals surface area contributed by atoms with Crippen molar-refractivity contribution >= 4 is 22.4 Å². The van der Waals surface area contributed by atoms with Crippen LogP contribution in [0.15, 0.2) is 91.5 Å². The fourth-order valence-corrected chi connectivity index (χ4v) is 4.69. The summed E-state index contributed by atoms with van der Waals surface area (Å²) in [7, 11) is 4.90. The van der Waals surface area contributed by atoms with Crippen LogP contribution in [0, 0.1) is 0 Å². The second kappa shape index (κ2) is 10.1. The van der Waals surface area contributed by atoms with Crippen molar-refractivity contribution in [2.45, 2.75) is 12.5 Å². The molecule has 0 spiro atoms. The van der Waals surface area contributed by atoms with Crippen LogP contribution in [0.4, 0.5) is 0 Å². The maximum atomic E-state index is 12.7. The first kappa shape index (κ1) is 24.1. The van der Waals surface area contributed by atoms with Crippen LogP contribution < -0.4 is 24.6 Å². The molecule has 4 aromatic rings. The standard InChI is InChI=1S/C31H30O4/c1-6-12-25-24(16-11-18-28(25)33-3)21(2)31(32,23-14-8-7-9-15-23)27-20-26-22(19-30(27)35-5)13-10-17-29(26)34-4/h6-20,32H,1H2,2-5H3/b24-21+,25-12+. The van der Waals surface area contributed by atoms with Crippen LogP contribution in [0.2, 0.25) is 0 Å². The van der Waals surface area contributed by atoms with E-state index in [9.17, 15) is 5.11 Å². The Morgan fingerprint density at radius 3 is 2.11 bits per heavy atom. The highest BCUT2D eigenvalue weighted by atomic mass is 16.5. The molecule has 4 rings (SSSR count). The van der Waals surface area contributed by atoms with E-state index in [1.165, 1.54) is 0 Å². The van der Waals surface area contributed by atoms with Gasteiger partial charge in [-0.3, -0.25) is 0 Å². The van der Waals surface area contributed by atoms with E-state index in [-0.39, 0.29) is 0 Å². The monoisotopic (exact) mass is 466 g/mol. The van der Waals surface area contributed by atoms with Crippen molar-refractivity contribution in [1.29, 1.82) is 0 Å². The SMILES string of the molecule is C=C/C=c1/c(OC)ccc/c1=C(/C)C(O)(c1ccccc1)c1cc2c(OC)cccc2cc1OC. The maximum Gasteiger partial charge on any atom is 0.140 e. The Balaban J connectivity index is 2.20. The molecule has 0 heterocycles. The Morgan fingerprint density at radius 2 is 1.46 bits per heavy atom. The van der Waals surface area contributed by atoms with E-state index in [1.807, 2.05) is 91.9 Å². The lowest BCUT2D eigenvalue weighted by Crippen LogP contribution is -2.38. The number of hydrogen-bond acceptors (Lipinski definition) is 4. The third kappa shape index (κ3) is 4.17. The number of allylic oxidation sites excluding steroid dienone is 1. The van der Waals surface area contributed by atoms with Crippen LogP contribution in [-0.2, 0) is 5.60 Å². The Bertz CT molecular complexity index is 1490. The first-order valence-electron chi connectivity index (χ1n) is 11.4. The van der Waals surface area contributed by atoms with E-state index in [4.69, 9.17) is 14.2 Å². The molecule has 178 valence electrons. The Morgan fingerprint density at radius 1 is 0.800 bits per heavy atom. The number of ether oxygens (including phenoxy) is 3. The highest BCUT2D eigenvalue weighted by Gasteiger charge is 2.37. The van der Waals surface area contributed by atoms with Crippen LogP contribution in [0.5, 0.6) is 17.2 Å². The number of rotatable bonds is 7. The third-order valence-corrected chi connectivity index (χ3v) is 6.48. The van der Waals surface area contributed by atoms with E-state index in [0.29, 0.717) is 17.1 Å². The minimum Gasteiger partial charge on any atom is -0.496 e. The second-order valence-electron chi connectivity index (χ2n) is 8.26. The average Bonchev–Trinajstić information content (AvgIpc) is 2.91. The summed E-state index contributed by atoms with van der Waals surface area (Å²) in [5.41, 5.74) is 0.548. The topological polar surface area (TPSA) is 47.9 Å². The van der Waals surface area contributed by atoms with Gasteiger partial charge in [-0.1, -0.05) is 73.3 Å². The molecule has 1 atom stereocenters. The van der Waals surface area contributed by atoms with Crippen molar-refractivity contribution in [3.63, 3.8) is 0 Å². The largest absolute Gasteiger partial charge is 0.496 e. The van der Waals surface area contributed by atoms with Gasteiger partial charge < -0.3 is 19.3 Å². The number of aliphatic hydroxyl groups is 1. The minimum absolute atomic E-state index is 0.577. The molecule has 1 unspecified atom stereocenters. The molecule has 0 aliphatic heterocycles. The Labute approximate surface area is 206 Å². The molecule has 0 saturated carbocycles. The molecule has 4 heteroatoms. The van der Waals surface area contributed by atoms with Gasteiger partial charge in [0.15, 0.2) is 0 Å². The predicted octanol–water partition coefficient (Wildman–Crippen LogP) is 4.94. The Kier molecular flexibility index (Phi) is 6.94. The number of methoxy groups -OCH3 is 3. The molecule has 0 aliphatic carbocycles. The molecule has 0 fully saturated rings. The minimum atomic E-state index is -1.52. The summed E-state index contributed by atoms with van der Waals surface area (Å²) < 4.78 is 17.1. The van der Waals surface area contributed by atoms with Gasteiger partial charge in [0.05, 0.1) is 21.3 Å². The van der Waals surface area contributed by atoms with Gasteiger partial charge in [0.1, 0.15) is 22.8 Å². The summed E-state index contributed by atoms with van der Waals surface area (Å²) in [6.07, 6.45) is 3.61. The molecule has 1 N–H and O–H groups in total. The maximum absolute atomic E-state index is 12.7. The van der Waals surface area contributed by atoms with Crippen LogP contribution >= 0.6 is 0 Å². The Hall–Kier alpha value is -4.02. The molecule has 0 saturated heterocycles. The molecular weight excluding hydrogens is 436 g/mol. The first-order valence-corrected chi connectivity index (χ1v) is 11.4. The highest BCUT2D eigenvalue weighted by Crippen LogP contribution is 2.44. The van der Waals surface area contributed by atoms with E-state index >= 15 is 0 Å². The van der Waals surface area contributed by atoms with Gasteiger partial charge in [0.2, 0.25) is 0 Å². The van der Waals surface area contributed by atoms with Gasteiger partial charge in [0, 0.05) is 16.2 Å². The fourth-order valence-electron chi connectivity index (χ4n) is 4.69. The van der Waals surface area contributed by atoms with Gasteiger partial charge in [-0.2, -0.15) is 0 Å². The molecule has 4 nitrogen and oxygen atoms in total. The van der Waals surface area contributed by atoms with Crippen LogP contribution in [0.3, 0.4) is 0 Å². The molecule has 4 aromatic carbocycles. The summed E-state index contributed by atoms with van der Waals surface area (Å²) in [6.45, 7) is 5.81. The summed E-state index contributed by atoms with van der Waals surface area (Å²) in [4.78, 5) is 0. The lowest BCUT2D eigenvalue weighted by molar-refractivity contribution is 0.139. The number of hydrogen-bond donors (Lipinski definition) is 1. The second-order valence-corrected chi connectivity index (χ2v) is 8.26. The molecule has 35 heavy (non-hydrogen) atoms. The number of fused-ring (bicyclic) bond motifs is 1. The summed E-state index contributed by atoms with van der Waals surface area (Å²) in [5.74, 6) is 2.00. The van der Waals surface area contributed by atoms with Gasteiger partial charge in [-0.05, 0) is 52.9 Å². The average molecular weight is 467 g/mol. The van der Waals surface area contributed by atoms with Gasteiger partial charge in [-0.15, -0.1) is 0 Å². The van der Waals surface area contributed by atoms with Gasteiger partial charge >= 0.3 is 0 Å². The molecule has 0 bridgehead atoms. The van der Waals surface area contributed by atoms with Crippen molar-refractivity contribution in [3.05, 3.63) is 113 Å². The summed E-state index contributed by atoms with van der Waals surface area (Å²) >= 11 is 0. The number of benzene rings is 4. The van der Waals surface area contributed by atoms with Gasteiger partial charge in [0.25, 0.3) is 0 Å².